The average Bonchev–Trinajstić information content (AvgIpc) is 2.77. The lowest BCUT2D eigenvalue weighted by Gasteiger charge is -2.12. The van der Waals surface area contributed by atoms with Crippen LogP contribution >= 0.6 is 0 Å². The van der Waals surface area contributed by atoms with E-state index in [2.05, 4.69) is 24.4 Å². The van der Waals surface area contributed by atoms with Gasteiger partial charge in [0.2, 0.25) is 0 Å². The molecular weight excluding hydrogens is 220 g/mol. The normalized spacial score (nSPS) is 39.9. The number of hydrogen-bond acceptors (Lipinski definition) is 2. The highest BCUT2D eigenvalue weighted by molar-refractivity contribution is 5.49. The number of nitrogens with two attached hydrogens (primary N) is 1. The van der Waals surface area contributed by atoms with Crippen LogP contribution in [0.15, 0.2) is 18.2 Å². The minimum absolute atomic E-state index is 0.817. The molecule has 0 aliphatic heterocycles. The van der Waals surface area contributed by atoms with E-state index >= 15 is 0 Å². The number of nitrogens with one attached hydrogen (secondary N) is 1. The van der Waals surface area contributed by atoms with Crippen LogP contribution in [0, 0.1) is 30.6 Å². The fourth-order valence-corrected chi connectivity index (χ4v) is 4.72. The molecule has 3 saturated carbocycles. The molecule has 2 heteroatoms. The van der Waals surface area contributed by atoms with Crippen LogP contribution in [0.4, 0.5) is 5.69 Å². The molecular formula is C16H22N2. The predicted octanol–water partition coefficient (Wildman–Crippen LogP) is 2.71. The van der Waals surface area contributed by atoms with E-state index in [9.17, 15) is 0 Å². The van der Waals surface area contributed by atoms with Crippen LogP contribution < -0.4 is 11.1 Å². The van der Waals surface area contributed by atoms with Crippen LogP contribution in [0.2, 0.25) is 0 Å². The van der Waals surface area contributed by atoms with Gasteiger partial charge in [-0.25, -0.2) is 0 Å². The van der Waals surface area contributed by atoms with Crippen LogP contribution in [0.25, 0.3) is 0 Å². The third kappa shape index (κ3) is 1.45. The van der Waals surface area contributed by atoms with E-state index in [0.717, 1.165) is 41.9 Å². The summed E-state index contributed by atoms with van der Waals surface area (Å²) >= 11 is 0. The zero-order chi connectivity index (χ0) is 12.3. The maximum Gasteiger partial charge on any atom is 0.0346 e. The van der Waals surface area contributed by atoms with Crippen LogP contribution in [0.3, 0.4) is 0 Å². The lowest BCUT2D eigenvalue weighted by atomic mass is 10.0. The predicted molar refractivity (Wildman–Crippen MR) is 74.0 cm³/mol. The first-order valence-corrected chi connectivity index (χ1v) is 7.33. The van der Waals surface area contributed by atoms with Crippen LogP contribution in [0.1, 0.15) is 30.4 Å². The molecule has 0 radical (unpaired) electrons. The average molecular weight is 242 g/mol. The molecule has 0 saturated heterocycles. The van der Waals surface area contributed by atoms with Gasteiger partial charge < -0.3 is 11.1 Å². The van der Waals surface area contributed by atoms with E-state index < -0.39 is 0 Å². The molecule has 3 aliphatic rings. The van der Waals surface area contributed by atoms with Gasteiger partial charge >= 0.3 is 0 Å². The van der Waals surface area contributed by atoms with Gasteiger partial charge in [-0.3, -0.25) is 0 Å². The number of fused-ring (bicyclic) bond motifs is 5. The Morgan fingerprint density at radius 2 is 1.94 bits per heavy atom. The summed E-state index contributed by atoms with van der Waals surface area (Å²) in [6.07, 6.45) is 4.54. The third-order valence-electron chi connectivity index (χ3n) is 5.75. The summed E-state index contributed by atoms with van der Waals surface area (Å²) in [4.78, 5) is 0. The van der Waals surface area contributed by atoms with Crippen molar-refractivity contribution in [1.82, 2.24) is 5.32 Å². The molecule has 0 heterocycles. The van der Waals surface area contributed by atoms with Crippen molar-refractivity contribution in [2.24, 2.45) is 23.7 Å². The van der Waals surface area contributed by atoms with Gasteiger partial charge in [-0.2, -0.15) is 0 Å². The highest BCUT2D eigenvalue weighted by Gasteiger charge is 2.64. The smallest absolute Gasteiger partial charge is 0.0346 e. The second-order valence-electron chi connectivity index (χ2n) is 6.53. The van der Waals surface area contributed by atoms with Crippen molar-refractivity contribution in [3.8, 4) is 0 Å². The Balaban J connectivity index is 1.42. The standard InChI is InChI=1S/C16H22N2/c1-9-12(3-2-4-13(9)17)8-18-16-14-10-5-6-11(7-10)15(14)16/h2-4,10-11,14-16,18H,5-8,17H2,1H3. The topological polar surface area (TPSA) is 38.0 Å². The SMILES string of the molecule is Cc1c(N)cccc1CNC1C2C3CCC(C3)C12. The van der Waals surface area contributed by atoms with Gasteiger partial charge in [0.05, 0.1) is 0 Å². The van der Waals surface area contributed by atoms with E-state index in [1.807, 2.05) is 6.07 Å². The maximum atomic E-state index is 5.96. The third-order valence-corrected chi connectivity index (χ3v) is 5.75. The van der Waals surface area contributed by atoms with Gasteiger partial charge in [0.15, 0.2) is 0 Å². The minimum Gasteiger partial charge on any atom is -0.399 e. The van der Waals surface area contributed by atoms with Crippen molar-refractivity contribution in [2.75, 3.05) is 5.73 Å². The van der Waals surface area contributed by atoms with Crippen molar-refractivity contribution in [3.63, 3.8) is 0 Å². The maximum absolute atomic E-state index is 5.96. The van der Waals surface area contributed by atoms with E-state index in [1.54, 1.807) is 0 Å². The Kier molecular flexibility index (Phi) is 2.25. The van der Waals surface area contributed by atoms with Crippen LogP contribution in [0.5, 0.6) is 0 Å². The molecule has 4 rings (SSSR count). The molecule has 4 atom stereocenters. The Labute approximate surface area is 109 Å². The second-order valence-corrected chi connectivity index (χ2v) is 6.53. The Morgan fingerprint density at radius 3 is 2.67 bits per heavy atom. The van der Waals surface area contributed by atoms with Crippen molar-refractivity contribution >= 4 is 5.69 Å². The zero-order valence-corrected chi connectivity index (χ0v) is 11.0. The molecule has 1 aromatic carbocycles. The van der Waals surface area contributed by atoms with E-state index in [4.69, 9.17) is 5.73 Å². The Bertz CT molecular complexity index is 466. The molecule has 2 bridgehead atoms. The molecule has 0 aromatic heterocycles. The quantitative estimate of drug-likeness (QED) is 0.800. The molecule has 3 N–H and O–H groups in total. The number of hydrogen-bond donors (Lipinski definition) is 2. The van der Waals surface area contributed by atoms with Gasteiger partial charge in [-0.1, -0.05) is 12.1 Å². The number of benzene rings is 1. The molecule has 2 nitrogen and oxygen atoms in total. The lowest BCUT2D eigenvalue weighted by molar-refractivity contribution is 0.456. The van der Waals surface area contributed by atoms with Gasteiger partial charge in [-0.05, 0) is 67.1 Å². The van der Waals surface area contributed by atoms with Crippen LogP contribution in [-0.2, 0) is 6.54 Å². The Hall–Kier alpha value is -1.02. The van der Waals surface area contributed by atoms with Gasteiger partial charge in [0.25, 0.3) is 0 Å². The Morgan fingerprint density at radius 1 is 1.22 bits per heavy atom. The molecule has 0 spiro atoms. The summed E-state index contributed by atoms with van der Waals surface area (Å²) in [7, 11) is 0. The number of rotatable bonds is 3. The first-order valence-electron chi connectivity index (χ1n) is 7.33. The first-order chi connectivity index (χ1) is 8.75. The lowest BCUT2D eigenvalue weighted by Crippen LogP contribution is -2.23. The summed E-state index contributed by atoms with van der Waals surface area (Å²) in [5.74, 6) is 4.15. The fraction of sp³-hybridized carbons (Fsp3) is 0.625. The van der Waals surface area contributed by atoms with E-state index in [-0.39, 0.29) is 0 Å². The van der Waals surface area contributed by atoms with Gasteiger partial charge in [-0.15, -0.1) is 0 Å². The second kappa shape index (κ2) is 3.74. The highest BCUT2D eigenvalue weighted by Crippen LogP contribution is 2.65. The van der Waals surface area contributed by atoms with Gasteiger partial charge in [0.1, 0.15) is 0 Å². The minimum atomic E-state index is 0.817. The monoisotopic (exact) mass is 242 g/mol. The molecule has 3 aliphatic carbocycles. The molecule has 96 valence electrons. The molecule has 18 heavy (non-hydrogen) atoms. The first kappa shape index (κ1) is 10.9. The summed E-state index contributed by atoms with van der Waals surface area (Å²) < 4.78 is 0. The van der Waals surface area contributed by atoms with E-state index in [0.29, 0.717) is 0 Å². The number of anilines is 1. The summed E-state index contributed by atoms with van der Waals surface area (Å²) in [5.41, 5.74) is 9.50. The van der Waals surface area contributed by atoms with Crippen LogP contribution in [-0.4, -0.2) is 6.04 Å². The van der Waals surface area contributed by atoms with Gasteiger partial charge in [0, 0.05) is 18.3 Å². The number of nitrogen functional groups attached to an aromatic ring is 1. The molecule has 3 fully saturated rings. The van der Waals surface area contributed by atoms with Crippen molar-refractivity contribution in [2.45, 2.75) is 38.8 Å². The van der Waals surface area contributed by atoms with Crippen molar-refractivity contribution in [3.05, 3.63) is 29.3 Å². The van der Waals surface area contributed by atoms with Crippen molar-refractivity contribution < 1.29 is 0 Å². The summed E-state index contributed by atoms with van der Waals surface area (Å²) in [6.45, 7) is 3.12. The largest absolute Gasteiger partial charge is 0.399 e. The fourth-order valence-electron chi connectivity index (χ4n) is 4.72. The van der Waals surface area contributed by atoms with Crippen molar-refractivity contribution in [1.29, 1.82) is 0 Å². The zero-order valence-electron chi connectivity index (χ0n) is 11.0. The summed E-state index contributed by atoms with van der Waals surface area (Å²) in [6, 6.07) is 7.07. The highest BCUT2D eigenvalue weighted by atomic mass is 15.0. The van der Waals surface area contributed by atoms with E-state index in [1.165, 1.54) is 30.4 Å². The summed E-state index contributed by atoms with van der Waals surface area (Å²) in [5, 5.41) is 3.79. The molecule has 4 unspecified atom stereocenters. The molecule has 1 aromatic rings. The molecule has 0 amide bonds.